The van der Waals surface area contributed by atoms with Crippen LogP contribution in [0, 0.1) is 5.92 Å². The summed E-state index contributed by atoms with van der Waals surface area (Å²) in [6.45, 7) is 4.60. The Morgan fingerprint density at radius 3 is 2.53 bits per heavy atom. The summed E-state index contributed by atoms with van der Waals surface area (Å²) < 4.78 is 0. The molecule has 0 aromatic carbocycles. The Labute approximate surface area is 102 Å². The lowest BCUT2D eigenvalue weighted by Crippen LogP contribution is -2.45. The van der Waals surface area contributed by atoms with Crippen molar-refractivity contribution < 1.29 is 14.7 Å². The van der Waals surface area contributed by atoms with Crippen LogP contribution in [0.1, 0.15) is 33.1 Å². The number of amides is 1. The van der Waals surface area contributed by atoms with Crippen LogP contribution in [0.5, 0.6) is 0 Å². The van der Waals surface area contributed by atoms with E-state index in [-0.39, 0.29) is 17.9 Å². The summed E-state index contributed by atoms with van der Waals surface area (Å²) in [6, 6.07) is -0.522. The fourth-order valence-electron chi connectivity index (χ4n) is 2.20. The fourth-order valence-corrected chi connectivity index (χ4v) is 2.20. The van der Waals surface area contributed by atoms with E-state index in [4.69, 9.17) is 5.11 Å². The largest absolute Gasteiger partial charge is 0.480 e. The second-order valence-corrected chi connectivity index (χ2v) is 5.11. The summed E-state index contributed by atoms with van der Waals surface area (Å²) in [5, 5.41) is 11.6. The third kappa shape index (κ3) is 4.00. The normalized spacial score (nSPS) is 22.7. The van der Waals surface area contributed by atoms with Crippen molar-refractivity contribution in [2.24, 2.45) is 5.92 Å². The molecule has 0 aromatic heterocycles. The van der Waals surface area contributed by atoms with Gasteiger partial charge in [-0.3, -0.25) is 4.79 Å². The predicted octanol–water partition coefficient (Wildman–Crippen LogP) is 0.696. The van der Waals surface area contributed by atoms with Gasteiger partial charge < -0.3 is 15.3 Å². The maximum atomic E-state index is 11.8. The highest BCUT2D eigenvalue weighted by molar-refractivity contribution is 5.84. The minimum atomic E-state index is -0.965. The quantitative estimate of drug-likeness (QED) is 0.744. The van der Waals surface area contributed by atoms with E-state index < -0.39 is 12.0 Å². The number of hydrogen-bond donors (Lipinski definition) is 2. The van der Waals surface area contributed by atoms with Crippen molar-refractivity contribution in [1.29, 1.82) is 0 Å². The lowest BCUT2D eigenvalue weighted by molar-refractivity contribution is -0.143. The Bertz CT molecular complexity index is 291. The molecule has 0 saturated carbocycles. The SMILES string of the molecule is CC(C)[C@H](NC(=O)CC1CCCN1C)C(=O)O. The number of nitrogens with zero attached hydrogens (tertiary/aromatic N) is 1. The molecule has 0 bridgehead atoms. The minimum Gasteiger partial charge on any atom is -0.480 e. The van der Waals surface area contributed by atoms with Crippen molar-refractivity contribution in [3.63, 3.8) is 0 Å². The van der Waals surface area contributed by atoms with Crippen LogP contribution in [0.4, 0.5) is 0 Å². The molecule has 98 valence electrons. The minimum absolute atomic E-state index is 0.0993. The highest BCUT2D eigenvalue weighted by atomic mass is 16.4. The zero-order valence-electron chi connectivity index (χ0n) is 10.8. The lowest BCUT2D eigenvalue weighted by atomic mass is 10.0. The molecule has 0 aliphatic carbocycles. The topological polar surface area (TPSA) is 69.6 Å². The average molecular weight is 242 g/mol. The second kappa shape index (κ2) is 6.00. The Hall–Kier alpha value is -1.10. The number of likely N-dealkylation sites (tertiary alicyclic amines) is 1. The number of nitrogens with one attached hydrogen (secondary N) is 1. The van der Waals surface area contributed by atoms with E-state index in [1.165, 1.54) is 0 Å². The number of rotatable bonds is 5. The zero-order valence-corrected chi connectivity index (χ0v) is 10.8. The van der Waals surface area contributed by atoms with Crippen LogP contribution >= 0.6 is 0 Å². The third-order valence-corrected chi connectivity index (χ3v) is 3.34. The van der Waals surface area contributed by atoms with Gasteiger partial charge in [-0.15, -0.1) is 0 Å². The van der Waals surface area contributed by atoms with Gasteiger partial charge in [0, 0.05) is 12.5 Å². The number of carboxylic acids is 1. The predicted molar refractivity (Wildman–Crippen MR) is 64.7 cm³/mol. The highest BCUT2D eigenvalue weighted by Gasteiger charge is 2.27. The van der Waals surface area contributed by atoms with Gasteiger partial charge in [-0.05, 0) is 32.4 Å². The maximum absolute atomic E-state index is 11.8. The molecule has 0 radical (unpaired) electrons. The van der Waals surface area contributed by atoms with Crippen molar-refractivity contribution in [3.8, 4) is 0 Å². The van der Waals surface area contributed by atoms with Gasteiger partial charge in [-0.1, -0.05) is 13.8 Å². The molecule has 5 heteroatoms. The molecule has 1 heterocycles. The molecule has 0 aromatic rings. The van der Waals surface area contributed by atoms with Gasteiger partial charge in [0.2, 0.25) is 5.91 Å². The molecule has 1 aliphatic rings. The van der Waals surface area contributed by atoms with Gasteiger partial charge in [0.1, 0.15) is 6.04 Å². The summed E-state index contributed by atoms with van der Waals surface area (Å²) in [4.78, 5) is 24.9. The molecule has 1 unspecified atom stereocenters. The van der Waals surface area contributed by atoms with Crippen molar-refractivity contribution in [2.45, 2.75) is 45.2 Å². The van der Waals surface area contributed by atoms with E-state index >= 15 is 0 Å². The molecular formula is C12H22N2O3. The summed E-state index contributed by atoms with van der Waals surface area (Å²) >= 11 is 0. The Morgan fingerprint density at radius 2 is 2.12 bits per heavy atom. The molecular weight excluding hydrogens is 220 g/mol. The van der Waals surface area contributed by atoms with Crippen LogP contribution in [0.3, 0.4) is 0 Å². The van der Waals surface area contributed by atoms with Crippen molar-refractivity contribution in [3.05, 3.63) is 0 Å². The van der Waals surface area contributed by atoms with Gasteiger partial charge in [-0.25, -0.2) is 4.79 Å². The summed E-state index contributed by atoms with van der Waals surface area (Å²) in [5.74, 6) is -1.23. The molecule has 2 atom stereocenters. The number of aliphatic carboxylic acids is 1. The first-order valence-electron chi connectivity index (χ1n) is 6.14. The Balaban J connectivity index is 2.45. The third-order valence-electron chi connectivity index (χ3n) is 3.34. The average Bonchev–Trinajstić information content (AvgIpc) is 2.60. The zero-order chi connectivity index (χ0) is 13.0. The fraction of sp³-hybridized carbons (Fsp3) is 0.833. The molecule has 1 amide bonds. The van der Waals surface area contributed by atoms with Crippen LogP contribution in [0.15, 0.2) is 0 Å². The lowest BCUT2D eigenvalue weighted by Gasteiger charge is -2.22. The summed E-state index contributed by atoms with van der Waals surface area (Å²) in [5.41, 5.74) is 0. The van der Waals surface area contributed by atoms with E-state index in [1.807, 2.05) is 7.05 Å². The first-order chi connectivity index (χ1) is 7.91. The van der Waals surface area contributed by atoms with Crippen LogP contribution in [-0.2, 0) is 9.59 Å². The molecule has 1 saturated heterocycles. The number of hydrogen-bond acceptors (Lipinski definition) is 3. The van der Waals surface area contributed by atoms with Crippen LogP contribution in [0.2, 0.25) is 0 Å². The monoisotopic (exact) mass is 242 g/mol. The summed E-state index contributed by atoms with van der Waals surface area (Å²) in [7, 11) is 2.00. The number of carboxylic acid groups (broad SMARTS) is 1. The van der Waals surface area contributed by atoms with Crippen molar-refractivity contribution in [2.75, 3.05) is 13.6 Å². The smallest absolute Gasteiger partial charge is 0.326 e. The van der Waals surface area contributed by atoms with Crippen LogP contribution in [-0.4, -0.2) is 47.6 Å². The first-order valence-corrected chi connectivity index (χ1v) is 6.14. The van der Waals surface area contributed by atoms with Crippen LogP contribution < -0.4 is 5.32 Å². The maximum Gasteiger partial charge on any atom is 0.326 e. The molecule has 1 fully saturated rings. The van der Waals surface area contributed by atoms with E-state index in [9.17, 15) is 9.59 Å². The second-order valence-electron chi connectivity index (χ2n) is 5.11. The van der Waals surface area contributed by atoms with E-state index in [0.29, 0.717) is 6.42 Å². The molecule has 1 rings (SSSR count). The van der Waals surface area contributed by atoms with E-state index in [1.54, 1.807) is 13.8 Å². The standard InChI is InChI=1S/C12H22N2O3/c1-8(2)11(12(16)17)13-10(15)7-9-5-4-6-14(9)3/h8-9,11H,4-7H2,1-3H3,(H,13,15)(H,16,17)/t9?,11-/m0/s1. The van der Waals surface area contributed by atoms with Crippen molar-refractivity contribution >= 4 is 11.9 Å². The summed E-state index contributed by atoms with van der Waals surface area (Å²) in [6.07, 6.45) is 2.53. The van der Waals surface area contributed by atoms with E-state index in [0.717, 1.165) is 19.4 Å². The first kappa shape index (κ1) is 14.0. The van der Waals surface area contributed by atoms with Gasteiger partial charge >= 0.3 is 5.97 Å². The van der Waals surface area contributed by atoms with Crippen molar-refractivity contribution in [1.82, 2.24) is 10.2 Å². The van der Waals surface area contributed by atoms with Gasteiger partial charge in [0.25, 0.3) is 0 Å². The molecule has 0 spiro atoms. The van der Waals surface area contributed by atoms with Crippen LogP contribution in [0.25, 0.3) is 0 Å². The molecule has 1 aliphatic heterocycles. The highest BCUT2D eigenvalue weighted by Crippen LogP contribution is 2.17. The van der Waals surface area contributed by atoms with Gasteiger partial charge in [0.05, 0.1) is 0 Å². The molecule has 2 N–H and O–H groups in total. The van der Waals surface area contributed by atoms with E-state index in [2.05, 4.69) is 10.2 Å². The Kier molecular flexibility index (Phi) is 4.93. The number of carbonyl (C=O) groups excluding carboxylic acids is 1. The molecule has 17 heavy (non-hydrogen) atoms. The van der Waals surface area contributed by atoms with Gasteiger partial charge in [0.15, 0.2) is 0 Å². The number of carbonyl (C=O) groups is 2. The van der Waals surface area contributed by atoms with Gasteiger partial charge in [-0.2, -0.15) is 0 Å². The Morgan fingerprint density at radius 1 is 1.47 bits per heavy atom. The molecule has 5 nitrogen and oxygen atoms in total.